The lowest BCUT2D eigenvalue weighted by molar-refractivity contribution is 0.103. The molecule has 0 unspecified atom stereocenters. The molecule has 0 saturated carbocycles. The van der Waals surface area contributed by atoms with Crippen LogP contribution < -0.4 is 10.1 Å². The molecule has 1 amide bonds. The standard InChI is InChI=1S/C16H15NO3S/c1-20-13-10-15(21-11-13)16(19)17-14-8-3-2-6-12(14)7-4-5-9-18/h2-3,6,8,10-11,18H,5,9H2,1H3,(H,17,19). The van der Waals surface area contributed by atoms with E-state index in [1.807, 2.05) is 18.2 Å². The predicted octanol–water partition coefficient (Wildman–Crippen LogP) is 2.74. The number of para-hydroxylation sites is 1. The number of carbonyl (C=O) groups is 1. The van der Waals surface area contributed by atoms with Crippen LogP contribution in [0.3, 0.4) is 0 Å². The molecule has 21 heavy (non-hydrogen) atoms. The minimum absolute atomic E-state index is 0.0243. The number of hydrogen-bond acceptors (Lipinski definition) is 4. The van der Waals surface area contributed by atoms with Gasteiger partial charge in [0.2, 0.25) is 0 Å². The SMILES string of the molecule is COc1csc(C(=O)Nc2ccccc2C#CCCO)c1. The van der Waals surface area contributed by atoms with Crippen LogP contribution in [0.25, 0.3) is 0 Å². The van der Waals surface area contributed by atoms with Gasteiger partial charge in [-0.15, -0.1) is 11.3 Å². The van der Waals surface area contributed by atoms with Crippen molar-refractivity contribution < 1.29 is 14.6 Å². The first-order chi connectivity index (χ1) is 10.2. The summed E-state index contributed by atoms with van der Waals surface area (Å²) in [5.41, 5.74) is 1.38. The lowest BCUT2D eigenvalue weighted by Gasteiger charge is -2.05. The number of ether oxygens (including phenoxy) is 1. The van der Waals surface area contributed by atoms with Crippen LogP contribution in [-0.2, 0) is 0 Å². The molecule has 2 rings (SSSR count). The zero-order valence-corrected chi connectivity index (χ0v) is 12.4. The highest BCUT2D eigenvalue weighted by molar-refractivity contribution is 7.12. The number of methoxy groups -OCH3 is 1. The Labute approximate surface area is 127 Å². The number of carbonyl (C=O) groups excluding carboxylic acids is 1. The van der Waals surface area contributed by atoms with E-state index >= 15 is 0 Å². The van der Waals surface area contributed by atoms with Crippen molar-refractivity contribution in [1.29, 1.82) is 0 Å². The van der Waals surface area contributed by atoms with Crippen molar-refractivity contribution in [2.75, 3.05) is 19.0 Å². The normalized spacial score (nSPS) is 9.62. The molecule has 1 aromatic carbocycles. The molecule has 5 heteroatoms. The molecule has 108 valence electrons. The van der Waals surface area contributed by atoms with E-state index in [4.69, 9.17) is 9.84 Å². The van der Waals surface area contributed by atoms with Gasteiger partial charge < -0.3 is 15.2 Å². The number of aliphatic hydroxyl groups excluding tert-OH is 1. The third-order valence-electron chi connectivity index (χ3n) is 2.67. The first kappa shape index (κ1) is 15.1. The van der Waals surface area contributed by atoms with Crippen molar-refractivity contribution in [3.63, 3.8) is 0 Å². The van der Waals surface area contributed by atoms with E-state index in [1.165, 1.54) is 11.3 Å². The van der Waals surface area contributed by atoms with Gasteiger partial charge in [-0.2, -0.15) is 0 Å². The molecule has 0 aliphatic heterocycles. The summed E-state index contributed by atoms with van der Waals surface area (Å²) in [4.78, 5) is 12.8. The molecule has 0 atom stereocenters. The van der Waals surface area contributed by atoms with Crippen molar-refractivity contribution in [3.8, 4) is 17.6 Å². The third kappa shape index (κ3) is 4.09. The average molecular weight is 301 g/mol. The molecule has 0 spiro atoms. The molecule has 0 radical (unpaired) electrons. The van der Waals surface area contributed by atoms with Crippen molar-refractivity contribution in [2.24, 2.45) is 0 Å². The molecule has 4 nitrogen and oxygen atoms in total. The van der Waals surface area contributed by atoms with Gasteiger partial charge in [-0.05, 0) is 12.1 Å². The lowest BCUT2D eigenvalue weighted by Crippen LogP contribution is -2.11. The van der Waals surface area contributed by atoms with Crippen LogP contribution in [0, 0.1) is 11.8 Å². The highest BCUT2D eigenvalue weighted by atomic mass is 32.1. The molecule has 0 bridgehead atoms. The molecule has 0 aliphatic carbocycles. The predicted molar refractivity (Wildman–Crippen MR) is 83.8 cm³/mol. The van der Waals surface area contributed by atoms with Crippen LogP contribution in [0.4, 0.5) is 5.69 Å². The highest BCUT2D eigenvalue weighted by Gasteiger charge is 2.11. The van der Waals surface area contributed by atoms with Gasteiger partial charge in [0, 0.05) is 23.4 Å². The van der Waals surface area contributed by atoms with E-state index in [0.29, 0.717) is 22.7 Å². The summed E-state index contributed by atoms with van der Waals surface area (Å²) >= 11 is 1.32. The first-order valence-corrected chi connectivity index (χ1v) is 7.25. The number of thiophene rings is 1. The Balaban J connectivity index is 2.16. The number of amides is 1. The second-order valence-corrected chi connectivity index (χ2v) is 5.04. The quantitative estimate of drug-likeness (QED) is 0.854. The molecular formula is C16H15NO3S. The van der Waals surface area contributed by atoms with Crippen LogP contribution in [0.5, 0.6) is 5.75 Å². The summed E-state index contributed by atoms with van der Waals surface area (Å²) in [6, 6.07) is 9.01. The molecule has 2 N–H and O–H groups in total. The first-order valence-electron chi connectivity index (χ1n) is 6.37. The van der Waals surface area contributed by atoms with Crippen LogP contribution in [0.1, 0.15) is 21.7 Å². The number of hydrogen-bond donors (Lipinski definition) is 2. The van der Waals surface area contributed by atoms with Crippen molar-refractivity contribution in [3.05, 3.63) is 46.2 Å². The Morgan fingerprint density at radius 2 is 2.24 bits per heavy atom. The molecular weight excluding hydrogens is 286 g/mol. The van der Waals surface area contributed by atoms with E-state index in [9.17, 15) is 4.79 Å². The number of aliphatic hydroxyl groups is 1. The fourth-order valence-electron chi connectivity index (χ4n) is 1.64. The maximum atomic E-state index is 12.2. The van der Waals surface area contributed by atoms with Crippen molar-refractivity contribution in [1.82, 2.24) is 0 Å². The second kappa shape index (κ2) is 7.48. The van der Waals surface area contributed by atoms with Gasteiger partial charge in [0.05, 0.1) is 24.3 Å². The van der Waals surface area contributed by atoms with E-state index < -0.39 is 0 Å². The average Bonchev–Trinajstić information content (AvgIpc) is 2.98. The summed E-state index contributed by atoms with van der Waals surface area (Å²) in [5.74, 6) is 6.26. The zero-order valence-electron chi connectivity index (χ0n) is 11.6. The van der Waals surface area contributed by atoms with Crippen LogP contribution in [0.15, 0.2) is 35.7 Å². The molecule has 0 fully saturated rings. The fourth-order valence-corrected chi connectivity index (χ4v) is 2.39. The van der Waals surface area contributed by atoms with Crippen LogP contribution in [-0.4, -0.2) is 24.7 Å². The molecule has 1 heterocycles. The Kier molecular flexibility index (Phi) is 5.38. The van der Waals surface area contributed by atoms with Crippen molar-refractivity contribution in [2.45, 2.75) is 6.42 Å². The van der Waals surface area contributed by atoms with Gasteiger partial charge in [0.15, 0.2) is 0 Å². The number of nitrogens with one attached hydrogen (secondary N) is 1. The number of rotatable bonds is 4. The summed E-state index contributed by atoms with van der Waals surface area (Å²) in [5, 5.41) is 13.4. The Morgan fingerprint density at radius 3 is 2.95 bits per heavy atom. The third-order valence-corrected chi connectivity index (χ3v) is 3.58. The van der Waals surface area contributed by atoms with E-state index in [1.54, 1.807) is 24.6 Å². The summed E-state index contributed by atoms with van der Waals surface area (Å²) < 4.78 is 5.07. The lowest BCUT2D eigenvalue weighted by atomic mass is 10.1. The Hall–Kier alpha value is -2.29. The Morgan fingerprint density at radius 1 is 1.43 bits per heavy atom. The largest absolute Gasteiger partial charge is 0.496 e. The second-order valence-electron chi connectivity index (χ2n) is 4.13. The number of benzene rings is 1. The minimum Gasteiger partial charge on any atom is -0.496 e. The van der Waals surface area contributed by atoms with Gasteiger partial charge in [0.25, 0.3) is 5.91 Å². The summed E-state index contributed by atoms with van der Waals surface area (Å²) in [6.45, 7) is 0.0243. The Bertz CT molecular complexity index is 682. The van der Waals surface area contributed by atoms with E-state index in [-0.39, 0.29) is 12.5 Å². The smallest absolute Gasteiger partial charge is 0.265 e. The topological polar surface area (TPSA) is 58.6 Å². The van der Waals surface area contributed by atoms with Gasteiger partial charge in [-0.3, -0.25) is 4.79 Å². The van der Waals surface area contributed by atoms with Gasteiger partial charge in [-0.1, -0.05) is 24.0 Å². The van der Waals surface area contributed by atoms with E-state index in [2.05, 4.69) is 17.2 Å². The van der Waals surface area contributed by atoms with Crippen LogP contribution in [0.2, 0.25) is 0 Å². The summed E-state index contributed by atoms with van der Waals surface area (Å²) in [7, 11) is 1.57. The highest BCUT2D eigenvalue weighted by Crippen LogP contribution is 2.23. The van der Waals surface area contributed by atoms with Crippen molar-refractivity contribution >= 4 is 22.9 Å². The van der Waals surface area contributed by atoms with Gasteiger partial charge in [-0.25, -0.2) is 0 Å². The summed E-state index contributed by atoms with van der Waals surface area (Å²) in [6.07, 6.45) is 0.407. The molecule has 2 aromatic rings. The zero-order chi connectivity index (χ0) is 15.1. The van der Waals surface area contributed by atoms with Gasteiger partial charge >= 0.3 is 0 Å². The van der Waals surface area contributed by atoms with Gasteiger partial charge in [0.1, 0.15) is 5.75 Å². The van der Waals surface area contributed by atoms with E-state index in [0.717, 1.165) is 5.56 Å². The maximum absolute atomic E-state index is 12.2. The monoisotopic (exact) mass is 301 g/mol. The maximum Gasteiger partial charge on any atom is 0.265 e. The molecule has 1 aromatic heterocycles. The minimum atomic E-state index is -0.195. The number of anilines is 1. The van der Waals surface area contributed by atoms with Crippen LogP contribution >= 0.6 is 11.3 Å². The fraction of sp³-hybridized carbons (Fsp3) is 0.188. The molecule has 0 saturated heterocycles. The molecule has 0 aliphatic rings.